The molecule has 1 aromatic heterocycles. The van der Waals surface area contributed by atoms with Gasteiger partial charge >= 0.3 is 5.97 Å². The molecule has 0 radical (unpaired) electrons. The van der Waals surface area contributed by atoms with E-state index in [-0.39, 0.29) is 18.1 Å². The first-order valence-electron chi connectivity index (χ1n) is 6.69. The number of hydrogen-bond donors (Lipinski definition) is 1. The van der Waals surface area contributed by atoms with Crippen LogP contribution >= 0.6 is 0 Å². The highest BCUT2D eigenvalue weighted by atomic mass is 16.5. The van der Waals surface area contributed by atoms with Gasteiger partial charge in [-0.05, 0) is 13.0 Å². The Morgan fingerprint density at radius 1 is 1.20 bits per heavy atom. The molecule has 0 aliphatic heterocycles. The number of benzene rings is 1. The van der Waals surface area contributed by atoms with Crippen molar-refractivity contribution in [2.45, 2.75) is 27.7 Å². The molecule has 4 heteroatoms. The molecule has 0 aliphatic carbocycles. The number of rotatable bonds is 3. The second-order valence-corrected chi connectivity index (χ2v) is 5.72. The molecule has 4 nitrogen and oxygen atoms in total. The van der Waals surface area contributed by atoms with Crippen LogP contribution in [0.3, 0.4) is 0 Å². The molecule has 1 N–H and O–H groups in total. The van der Waals surface area contributed by atoms with E-state index in [0.717, 1.165) is 10.9 Å². The number of Topliss-reactive ketones (excluding diaryl/α,β-unsaturated/α-hetero) is 1. The van der Waals surface area contributed by atoms with Gasteiger partial charge in [-0.2, -0.15) is 0 Å². The number of carbonyl (C=O) groups excluding carboxylic acids is 2. The van der Waals surface area contributed by atoms with Gasteiger partial charge < -0.3 is 9.72 Å². The first-order valence-corrected chi connectivity index (χ1v) is 6.69. The third kappa shape index (κ3) is 2.46. The van der Waals surface area contributed by atoms with Gasteiger partial charge in [0, 0.05) is 16.3 Å². The van der Waals surface area contributed by atoms with E-state index < -0.39 is 11.4 Å². The zero-order valence-electron chi connectivity index (χ0n) is 12.2. The van der Waals surface area contributed by atoms with Gasteiger partial charge in [0.05, 0.1) is 12.2 Å². The normalized spacial score (nSPS) is 11.6. The number of ketones is 1. The van der Waals surface area contributed by atoms with E-state index in [1.54, 1.807) is 6.92 Å². The Labute approximate surface area is 118 Å². The highest BCUT2D eigenvalue weighted by Gasteiger charge is 2.31. The molecule has 0 aliphatic rings. The number of H-pyrrole nitrogens is 1. The maximum Gasteiger partial charge on any atom is 0.355 e. The topological polar surface area (TPSA) is 59.2 Å². The number of para-hydroxylation sites is 1. The maximum atomic E-state index is 12.6. The van der Waals surface area contributed by atoms with Gasteiger partial charge in [0.2, 0.25) is 0 Å². The smallest absolute Gasteiger partial charge is 0.355 e. The standard InChI is InChI=1S/C16H19NO3/c1-5-20-15(19)13-12(14(18)16(2,3)4)10-8-6-7-9-11(10)17-13/h6-9,17H,5H2,1-4H3. The van der Waals surface area contributed by atoms with Gasteiger partial charge in [0.15, 0.2) is 5.78 Å². The summed E-state index contributed by atoms with van der Waals surface area (Å²) in [5.41, 5.74) is 0.870. The summed E-state index contributed by atoms with van der Waals surface area (Å²) in [6.07, 6.45) is 0. The summed E-state index contributed by atoms with van der Waals surface area (Å²) < 4.78 is 5.04. The highest BCUT2D eigenvalue weighted by Crippen LogP contribution is 2.30. The molecule has 0 unspecified atom stereocenters. The maximum absolute atomic E-state index is 12.6. The number of carbonyl (C=O) groups is 2. The number of ether oxygens (including phenoxy) is 1. The summed E-state index contributed by atoms with van der Waals surface area (Å²) in [5.74, 6) is -0.561. The number of aromatic amines is 1. The lowest BCUT2D eigenvalue weighted by Gasteiger charge is -2.17. The third-order valence-electron chi connectivity index (χ3n) is 3.09. The Bertz CT molecular complexity index is 662. The lowest BCUT2D eigenvalue weighted by molar-refractivity contribution is 0.0516. The van der Waals surface area contributed by atoms with E-state index in [1.165, 1.54) is 0 Å². The fraction of sp³-hybridized carbons (Fsp3) is 0.375. The van der Waals surface area contributed by atoms with Gasteiger partial charge in [-0.3, -0.25) is 4.79 Å². The number of aromatic nitrogens is 1. The molecule has 0 amide bonds. The van der Waals surface area contributed by atoms with Crippen molar-refractivity contribution in [3.05, 3.63) is 35.5 Å². The van der Waals surface area contributed by atoms with Crippen molar-refractivity contribution in [1.29, 1.82) is 0 Å². The number of hydrogen-bond acceptors (Lipinski definition) is 3. The fourth-order valence-corrected chi connectivity index (χ4v) is 2.11. The van der Waals surface area contributed by atoms with Crippen LogP contribution in [0.5, 0.6) is 0 Å². The van der Waals surface area contributed by atoms with Crippen LogP contribution in [0.25, 0.3) is 10.9 Å². The summed E-state index contributed by atoms with van der Waals surface area (Å²) in [5, 5.41) is 0.760. The van der Waals surface area contributed by atoms with Crippen LogP contribution in [0.2, 0.25) is 0 Å². The van der Waals surface area contributed by atoms with Crippen LogP contribution in [0.4, 0.5) is 0 Å². The van der Waals surface area contributed by atoms with Crippen LogP contribution in [-0.4, -0.2) is 23.3 Å². The first kappa shape index (κ1) is 14.3. The number of fused-ring (bicyclic) bond motifs is 1. The molecule has 20 heavy (non-hydrogen) atoms. The number of nitrogens with one attached hydrogen (secondary N) is 1. The predicted octanol–water partition coefficient (Wildman–Crippen LogP) is 3.57. The van der Waals surface area contributed by atoms with Crippen molar-refractivity contribution in [3.63, 3.8) is 0 Å². The van der Waals surface area contributed by atoms with Crippen LogP contribution in [-0.2, 0) is 4.74 Å². The first-order chi connectivity index (χ1) is 9.36. The van der Waals surface area contributed by atoms with E-state index in [0.29, 0.717) is 5.56 Å². The Kier molecular flexibility index (Phi) is 3.66. The zero-order chi connectivity index (χ0) is 14.9. The van der Waals surface area contributed by atoms with E-state index in [4.69, 9.17) is 4.74 Å². The van der Waals surface area contributed by atoms with Crippen molar-refractivity contribution >= 4 is 22.7 Å². The Balaban J connectivity index is 2.68. The van der Waals surface area contributed by atoms with Crippen molar-refractivity contribution in [2.24, 2.45) is 5.41 Å². The number of esters is 1. The van der Waals surface area contributed by atoms with Crippen molar-refractivity contribution < 1.29 is 14.3 Å². The van der Waals surface area contributed by atoms with Crippen LogP contribution < -0.4 is 0 Å². The monoisotopic (exact) mass is 273 g/mol. The van der Waals surface area contributed by atoms with E-state index in [9.17, 15) is 9.59 Å². The lowest BCUT2D eigenvalue weighted by atomic mass is 9.85. The molecule has 2 rings (SSSR count). The summed E-state index contributed by atoms with van der Waals surface area (Å²) in [6, 6.07) is 7.40. The zero-order valence-corrected chi connectivity index (χ0v) is 12.2. The fourth-order valence-electron chi connectivity index (χ4n) is 2.11. The molecular formula is C16H19NO3. The molecule has 0 spiro atoms. The van der Waals surface area contributed by atoms with E-state index in [1.807, 2.05) is 45.0 Å². The molecule has 0 bridgehead atoms. The molecular weight excluding hydrogens is 254 g/mol. The summed E-state index contributed by atoms with van der Waals surface area (Å²) in [4.78, 5) is 27.7. The van der Waals surface area contributed by atoms with Gasteiger partial charge in [-0.15, -0.1) is 0 Å². The Hall–Kier alpha value is -2.10. The van der Waals surface area contributed by atoms with Crippen LogP contribution in [0.1, 0.15) is 48.5 Å². The van der Waals surface area contributed by atoms with Gasteiger partial charge in [-0.25, -0.2) is 4.79 Å². The van der Waals surface area contributed by atoms with Crippen LogP contribution in [0.15, 0.2) is 24.3 Å². The van der Waals surface area contributed by atoms with Gasteiger partial charge in [-0.1, -0.05) is 39.0 Å². The van der Waals surface area contributed by atoms with Crippen LogP contribution in [0, 0.1) is 5.41 Å². The molecule has 0 saturated carbocycles. The molecule has 2 aromatic rings. The second kappa shape index (κ2) is 5.12. The van der Waals surface area contributed by atoms with E-state index >= 15 is 0 Å². The molecule has 0 atom stereocenters. The minimum absolute atomic E-state index is 0.0713. The quantitative estimate of drug-likeness (QED) is 0.687. The average molecular weight is 273 g/mol. The molecule has 0 fully saturated rings. The minimum Gasteiger partial charge on any atom is -0.461 e. The Morgan fingerprint density at radius 3 is 2.45 bits per heavy atom. The molecule has 1 heterocycles. The second-order valence-electron chi connectivity index (χ2n) is 5.72. The highest BCUT2D eigenvalue weighted by molar-refractivity contribution is 6.16. The van der Waals surface area contributed by atoms with Crippen molar-refractivity contribution in [2.75, 3.05) is 6.61 Å². The Morgan fingerprint density at radius 2 is 1.85 bits per heavy atom. The summed E-state index contributed by atoms with van der Waals surface area (Å²) in [7, 11) is 0. The average Bonchev–Trinajstić information content (AvgIpc) is 2.76. The minimum atomic E-state index is -0.563. The lowest BCUT2D eigenvalue weighted by Crippen LogP contribution is -2.22. The van der Waals surface area contributed by atoms with Crippen molar-refractivity contribution in [1.82, 2.24) is 4.98 Å². The molecule has 1 aromatic carbocycles. The SMILES string of the molecule is CCOC(=O)c1[nH]c2ccccc2c1C(=O)C(C)(C)C. The largest absolute Gasteiger partial charge is 0.461 e. The summed E-state index contributed by atoms with van der Waals surface area (Å²) in [6.45, 7) is 7.53. The third-order valence-corrected chi connectivity index (χ3v) is 3.09. The van der Waals surface area contributed by atoms with Crippen molar-refractivity contribution in [3.8, 4) is 0 Å². The van der Waals surface area contributed by atoms with Gasteiger partial charge in [0.1, 0.15) is 5.69 Å². The van der Waals surface area contributed by atoms with E-state index in [2.05, 4.69) is 4.98 Å². The van der Waals surface area contributed by atoms with Gasteiger partial charge in [0.25, 0.3) is 0 Å². The molecule has 106 valence electrons. The summed E-state index contributed by atoms with van der Waals surface area (Å²) >= 11 is 0. The molecule has 0 saturated heterocycles. The predicted molar refractivity (Wildman–Crippen MR) is 78.0 cm³/mol.